The van der Waals surface area contributed by atoms with Crippen LogP contribution in [0.5, 0.6) is 0 Å². The van der Waals surface area contributed by atoms with E-state index in [4.69, 9.17) is 0 Å². The lowest BCUT2D eigenvalue weighted by atomic mass is 10.2. The molecule has 74 valence electrons. The largest absolute Gasteiger partial charge is 0.421 e. The topological polar surface area (TPSA) is 27.1 Å². The number of nitrogens with zero attached hydrogens (tertiary/aromatic N) is 2. The van der Waals surface area contributed by atoms with Crippen molar-refractivity contribution in [1.29, 1.82) is 0 Å². The first kappa shape index (κ1) is 10.8. The number of hydrogen-bond donors (Lipinski definition) is 0. The molecule has 0 amide bonds. The van der Waals surface area contributed by atoms with Gasteiger partial charge >= 0.3 is 6.18 Å². The van der Waals surface area contributed by atoms with Crippen molar-refractivity contribution in [1.82, 2.24) is 9.55 Å². The molecule has 0 fully saturated rings. The number of halogens is 4. The van der Waals surface area contributed by atoms with Crippen LogP contribution in [0.2, 0.25) is 0 Å². The molecule has 1 unspecified atom stereocenters. The van der Waals surface area contributed by atoms with Gasteiger partial charge in [-0.05, 0) is 0 Å². The molecule has 7 heteroatoms. The van der Waals surface area contributed by atoms with Gasteiger partial charge in [-0.3, -0.25) is 3.07 Å². The first-order chi connectivity index (χ1) is 5.96. The molecule has 0 aliphatic carbocycles. The van der Waals surface area contributed by atoms with Crippen LogP contribution in [-0.2, 0) is 10.1 Å². The molecule has 0 spiro atoms. The van der Waals surface area contributed by atoms with Crippen LogP contribution >= 0.6 is 23.0 Å². The van der Waals surface area contributed by atoms with E-state index in [2.05, 4.69) is 8.05 Å². The third-order valence-electron chi connectivity index (χ3n) is 1.51. The molecule has 0 radical (unpaired) electrons. The highest BCUT2D eigenvalue weighted by Gasteiger charge is 2.43. The molecule has 1 aromatic heterocycles. The summed E-state index contributed by atoms with van der Waals surface area (Å²) in [5, 5.41) is 0. The molecule has 1 atom stereocenters. The van der Waals surface area contributed by atoms with Gasteiger partial charge in [-0.1, -0.05) is 0 Å². The first-order valence-electron chi connectivity index (χ1n) is 3.27. The van der Waals surface area contributed by atoms with E-state index >= 15 is 0 Å². The number of aromatic nitrogens is 2. The van der Waals surface area contributed by atoms with E-state index < -0.39 is 12.3 Å². The van der Waals surface area contributed by atoms with Crippen LogP contribution < -0.4 is 0 Å². The lowest BCUT2D eigenvalue weighted by molar-refractivity contribution is -0.190. The van der Waals surface area contributed by atoms with E-state index in [0.29, 0.717) is 0 Å². The smallest absolute Gasteiger partial charge is 0.335 e. The molecule has 0 saturated carbocycles. The zero-order valence-corrected chi connectivity index (χ0v) is 8.70. The first-order valence-corrected chi connectivity index (χ1v) is 4.15. The van der Waals surface area contributed by atoms with Crippen molar-refractivity contribution in [2.75, 3.05) is 0 Å². The predicted molar refractivity (Wildman–Crippen MR) is 47.1 cm³/mol. The third kappa shape index (κ3) is 2.33. The number of rotatable bonds is 2. The molecule has 1 heterocycles. The summed E-state index contributed by atoms with van der Waals surface area (Å²) in [4.78, 5) is 3.58. The minimum absolute atomic E-state index is 0.0121. The van der Waals surface area contributed by atoms with Gasteiger partial charge in [0, 0.05) is 7.05 Å². The SMILES string of the molecule is Cn1cncc1C(OI)C(F)(F)F. The van der Waals surface area contributed by atoms with Gasteiger partial charge in [-0.15, -0.1) is 0 Å². The van der Waals surface area contributed by atoms with Gasteiger partial charge in [-0.2, -0.15) is 13.2 Å². The van der Waals surface area contributed by atoms with E-state index in [1.54, 1.807) is 0 Å². The van der Waals surface area contributed by atoms with E-state index in [0.717, 1.165) is 6.20 Å². The number of hydrogen-bond acceptors (Lipinski definition) is 2. The molecular formula is C6H6F3IN2O. The molecular weight excluding hydrogens is 300 g/mol. The lowest BCUT2D eigenvalue weighted by Crippen LogP contribution is -2.22. The Bertz CT molecular complexity index is 286. The average molecular weight is 306 g/mol. The fourth-order valence-corrected chi connectivity index (χ4v) is 1.43. The van der Waals surface area contributed by atoms with Crippen molar-refractivity contribution < 1.29 is 16.2 Å². The van der Waals surface area contributed by atoms with Gasteiger partial charge in [-0.25, -0.2) is 4.98 Å². The highest BCUT2D eigenvalue weighted by Crippen LogP contribution is 2.36. The minimum atomic E-state index is -4.41. The highest BCUT2D eigenvalue weighted by atomic mass is 127. The Hall–Kier alpha value is -0.310. The summed E-state index contributed by atoms with van der Waals surface area (Å²) in [7, 11) is 1.48. The molecule has 0 bridgehead atoms. The van der Waals surface area contributed by atoms with E-state index in [9.17, 15) is 13.2 Å². The van der Waals surface area contributed by atoms with E-state index in [1.807, 2.05) is 0 Å². The fraction of sp³-hybridized carbons (Fsp3) is 0.500. The Kier molecular flexibility index (Phi) is 3.17. The summed E-state index contributed by atoms with van der Waals surface area (Å²) in [5.74, 6) is 0. The van der Waals surface area contributed by atoms with Crippen molar-refractivity contribution in [2.45, 2.75) is 12.3 Å². The Morgan fingerprint density at radius 1 is 1.62 bits per heavy atom. The molecule has 3 nitrogen and oxygen atoms in total. The molecule has 0 aromatic carbocycles. The van der Waals surface area contributed by atoms with E-state index in [-0.39, 0.29) is 5.69 Å². The number of alkyl halides is 3. The summed E-state index contributed by atoms with van der Waals surface area (Å²) in [6.45, 7) is 0. The summed E-state index contributed by atoms with van der Waals surface area (Å²) in [6, 6.07) is 0. The van der Waals surface area contributed by atoms with Crippen LogP contribution in [0.25, 0.3) is 0 Å². The third-order valence-corrected chi connectivity index (χ3v) is 2.02. The zero-order valence-electron chi connectivity index (χ0n) is 6.55. The highest BCUT2D eigenvalue weighted by molar-refractivity contribution is 14.1. The molecule has 13 heavy (non-hydrogen) atoms. The summed E-state index contributed by atoms with van der Waals surface area (Å²) >= 11 is 1.23. The average Bonchev–Trinajstić information content (AvgIpc) is 2.35. The Balaban J connectivity index is 2.98. The maximum Gasteiger partial charge on any atom is 0.421 e. The quantitative estimate of drug-likeness (QED) is 0.785. The van der Waals surface area contributed by atoms with Gasteiger partial charge < -0.3 is 4.57 Å². The van der Waals surface area contributed by atoms with Crippen LogP contribution in [0.1, 0.15) is 11.8 Å². The predicted octanol–water partition coefficient (Wildman–Crippen LogP) is 2.39. The monoisotopic (exact) mass is 306 g/mol. The molecule has 1 aromatic rings. The Morgan fingerprint density at radius 3 is 2.54 bits per heavy atom. The number of imidazole rings is 1. The zero-order chi connectivity index (χ0) is 10.1. The van der Waals surface area contributed by atoms with Crippen LogP contribution in [0.4, 0.5) is 13.2 Å². The second kappa shape index (κ2) is 3.82. The van der Waals surface area contributed by atoms with Crippen LogP contribution in [-0.4, -0.2) is 15.7 Å². The normalized spacial score (nSPS) is 14.5. The Morgan fingerprint density at radius 2 is 2.23 bits per heavy atom. The maximum atomic E-state index is 12.3. The van der Waals surface area contributed by atoms with Gasteiger partial charge in [0.2, 0.25) is 6.10 Å². The molecule has 0 aliphatic rings. The van der Waals surface area contributed by atoms with Crippen molar-refractivity contribution in [2.24, 2.45) is 7.05 Å². The summed E-state index contributed by atoms with van der Waals surface area (Å²) in [5.41, 5.74) is -0.0121. The van der Waals surface area contributed by atoms with Crippen LogP contribution in [0.15, 0.2) is 12.5 Å². The van der Waals surface area contributed by atoms with Crippen LogP contribution in [0, 0.1) is 0 Å². The lowest BCUT2D eigenvalue weighted by Gasteiger charge is -2.17. The van der Waals surface area contributed by atoms with Crippen molar-refractivity contribution in [3.05, 3.63) is 18.2 Å². The second-order valence-corrected chi connectivity index (χ2v) is 2.95. The summed E-state index contributed by atoms with van der Waals surface area (Å²) < 4.78 is 42.5. The maximum absolute atomic E-state index is 12.3. The van der Waals surface area contributed by atoms with Gasteiger partial charge in [0.1, 0.15) is 23.0 Å². The van der Waals surface area contributed by atoms with Crippen molar-refractivity contribution in [3.63, 3.8) is 0 Å². The van der Waals surface area contributed by atoms with Crippen molar-refractivity contribution in [3.8, 4) is 0 Å². The molecule has 0 aliphatic heterocycles. The second-order valence-electron chi connectivity index (χ2n) is 2.44. The van der Waals surface area contributed by atoms with Gasteiger partial charge in [0.25, 0.3) is 0 Å². The van der Waals surface area contributed by atoms with Crippen molar-refractivity contribution >= 4 is 23.0 Å². The fourth-order valence-electron chi connectivity index (χ4n) is 0.884. The minimum Gasteiger partial charge on any atom is -0.335 e. The summed E-state index contributed by atoms with van der Waals surface area (Å²) in [6.07, 6.45) is -3.89. The standard InChI is InChI=1S/C6H6F3IN2O/c1-12-3-11-2-4(12)5(13-10)6(7,8)9/h2-3,5H,1H3. The van der Waals surface area contributed by atoms with Crippen LogP contribution in [0.3, 0.4) is 0 Å². The Labute approximate surface area is 86.6 Å². The molecule has 0 saturated heterocycles. The van der Waals surface area contributed by atoms with Gasteiger partial charge in [0.15, 0.2) is 0 Å². The van der Waals surface area contributed by atoms with E-state index in [1.165, 1.54) is 40.9 Å². The van der Waals surface area contributed by atoms with Gasteiger partial charge in [0.05, 0.1) is 18.2 Å². The number of aryl methyl sites for hydroxylation is 1. The molecule has 0 N–H and O–H groups in total. The molecule has 1 rings (SSSR count).